The SMILES string of the molecule is C=CC1C(C(=O)c2ccccc2)c2ccccc2N1C. The van der Waals surface area contributed by atoms with Gasteiger partial charge in [-0.15, -0.1) is 6.58 Å². The highest BCUT2D eigenvalue weighted by Crippen LogP contribution is 2.41. The molecule has 2 nitrogen and oxygen atoms in total. The lowest BCUT2D eigenvalue weighted by molar-refractivity contribution is 0.0957. The van der Waals surface area contributed by atoms with Crippen LogP contribution in [0, 0.1) is 0 Å². The number of para-hydroxylation sites is 1. The highest BCUT2D eigenvalue weighted by molar-refractivity contribution is 6.04. The van der Waals surface area contributed by atoms with Crippen LogP contribution in [-0.4, -0.2) is 18.9 Å². The molecule has 0 aromatic heterocycles. The van der Waals surface area contributed by atoms with Crippen molar-refractivity contribution in [3.8, 4) is 0 Å². The molecule has 20 heavy (non-hydrogen) atoms. The molecular formula is C18H17NO. The Morgan fingerprint density at radius 3 is 2.45 bits per heavy atom. The van der Waals surface area contributed by atoms with Gasteiger partial charge in [0.1, 0.15) is 0 Å². The molecule has 2 unspecified atom stereocenters. The number of hydrogen-bond acceptors (Lipinski definition) is 2. The third-order valence-electron chi connectivity index (χ3n) is 4.02. The molecule has 2 aromatic rings. The maximum Gasteiger partial charge on any atom is 0.172 e. The van der Waals surface area contributed by atoms with Crippen LogP contribution >= 0.6 is 0 Å². The van der Waals surface area contributed by atoms with E-state index in [4.69, 9.17) is 0 Å². The van der Waals surface area contributed by atoms with Crippen molar-refractivity contribution in [2.45, 2.75) is 12.0 Å². The van der Waals surface area contributed by atoms with Crippen molar-refractivity contribution in [2.24, 2.45) is 0 Å². The average molecular weight is 263 g/mol. The fourth-order valence-corrected chi connectivity index (χ4v) is 3.01. The summed E-state index contributed by atoms with van der Waals surface area (Å²) < 4.78 is 0. The fourth-order valence-electron chi connectivity index (χ4n) is 3.01. The number of carbonyl (C=O) groups excluding carboxylic acids is 1. The van der Waals surface area contributed by atoms with Gasteiger partial charge in [0.05, 0.1) is 12.0 Å². The zero-order valence-electron chi connectivity index (χ0n) is 11.5. The summed E-state index contributed by atoms with van der Waals surface area (Å²) in [5.41, 5.74) is 2.97. The molecule has 2 aromatic carbocycles. The Labute approximate surface area is 119 Å². The quantitative estimate of drug-likeness (QED) is 0.622. The second-order valence-electron chi connectivity index (χ2n) is 5.10. The highest BCUT2D eigenvalue weighted by atomic mass is 16.1. The molecule has 0 aliphatic carbocycles. The summed E-state index contributed by atoms with van der Waals surface area (Å²) in [4.78, 5) is 15.0. The third kappa shape index (κ3) is 1.85. The van der Waals surface area contributed by atoms with E-state index >= 15 is 0 Å². The minimum atomic E-state index is -0.170. The van der Waals surface area contributed by atoms with Gasteiger partial charge in [0, 0.05) is 18.3 Å². The van der Waals surface area contributed by atoms with Crippen LogP contribution in [0.2, 0.25) is 0 Å². The van der Waals surface area contributed by atoms with Crippen LogP contribution in [0.1, 0.15) is 21.8 Å². The summed E-state index contributed by atoms with van der Waals surface area (Å²) in [6, 6.07) is 17.6. The van der Waals surface area contributed by atoms with E-state index in [1.54, 1.807) is 0 Å². The fraction of sp³-hybridized carbons (Fsp3) is 0.167. The molecule has 0 amide bonds. The number of fused-ring (bicyclic) bond motifs is 1. The first-order chi connectivity index (χ1) is 9.74. The van der Waals surface area contributed by atoms with Gasteiger partial charge < -0.3 is 4.90 Å². The number of nitrogens with zero attached hydrogens (tertiary/aromatic N) is 1. The summed E-state index contributed by atoms with van der Waals surface area (Å²) in [5, 5.41) is 0. The Balaban J connectivity index is 2.08. The normalized spacial score (nSPS) is 20.6. The van der Waals surface area contributed by atoms with E-state index in [1.165, 1.54) is 0 Å². The molecule has 0 saturated heterocycles. The predicted octanol–water partition coefficient (Wildman–Crippen LogP) is 3.66. The molecule has 0 radical (unpaired) electrons. The van der Waals surface area contributed by atoms with E-state index in [0.29, 0.717) is 0 Å². The van der Waals surface area contributed by atoms with Gasteiger partial charge in [-0.1, -0.05) is 54.6 Å². The van der Waals surface area contributed by atoms with E-state index in [9.17, 15) is 4.79 Å². The molecule has 0 spiro atoms. The smallest absolute Gasteiger partial charge is 0.172 e. The first kappa shape index (κ1) is 12.7. The maximum atomic E-state index is 12.9. The number of hydrogen-bond donors (Lipinski definition) is 0. The van der Waals surface area contributed by atoms with Crippen LogP contribution < -0.4 is 4.90 Å². The Kier molecular flexibility index (Phi) is 3.15. The predicted molar refractivity (Wildman–Crippen MR) is 82.3 cm³/mol. The van der Waals surface area contributed by atoms with Crippen LogP contribution in [0.15, 0.2) is 67.3 Å². The number of anilines is 1. The van der Waals surface area contributed by atoms with Crippen LogP contribution in [0.4, 0.5) is 5.69 Å². The molecule has 0 fully saturated rings. The van der Waals surface area contributed by atoms with Crippen molar-refractivity contribution in [3.63, 3.8) is 0 Å². The van der Waals surface area contributed by atoms with Crippen molar-refractivity contribution in [3.05, 3.63) is 78.4 Å². The lowest BCUT2D eigenvalue weighted by Crippen LogP contribution is -2.32. The van der Waals surface area contributed by atoms with Crippen LogP contribution in [-0.2, 0) is 0 Å². The summed E-state index contributed by atoms with van der Waals surface area (Å²) in [5.74, 6) is -0.0107. The Bertz CT molecular complexity index is 647. The van der Waals surface area contributed by atoms with Gasteiger partial charge in [-0.2, -0.15) is 0 Å². The second kappa shape index (κ2) is 4.97. The van der Waals surface area contributed by atoms with Crippen molar-refractivity contribution < 1.29 is 4.79 Å². The van der Waals surface area contributed by atoms with E-state index in [-0.39, 0.29) is 17.7 Å². The summed E-state index contributed by atoms with van der Waals surface area (Å²) >= 11 is 0. The number of likely N-dealkylation sites (N-methyl/N-ethyl adjacent to an activating group) is 1. The zero-order valence-corrected chi connectivity index (χ0v) is 11.5. The van der Waals surface area contributed by atoms with Crippen molar-refractivity contribution in [2.75, 3.05) is 11.9 Å². The van der Waals surface area contributed by atoms with Crippen molar-refractivity contribution in [1.82, 2.24) is 0 Å². The monoisotopic (exact) mass is 263 g/mol. The number of Topliss-reactive ketones (excluding diaryl/α,β-unsaturated/α-hetero) is 1. The molecule has 0 saturated carbocycles. The van der Waals surface area contributed by atoms with Crippen molar-refractivity contribution >= 4 is 11.5 Å². The van der Waals surface area contributed by atoms with Gasteiger partial charge in [0.15, 0.2) is 5.78 Å². The third-order valence-corrected chi connectivity index (χ3v) is 4.02. The summed E-state index contributed by atoms with van der Waals surface area (Å²) in [7, 11) is 2.02. The molecule has 100 valence electrons. The molecular weight excluding hydrogens is 246 g/mol. The maximum absolute atomic E-state index is 12.9. The van der Waals surface area contributed by atoms with Gasteiger partial charge in [-0.05, 0) is 11.6 Å². The Morgan fingerprint density at radius 2 is 1.75 bits per heavy atom. The molecule has 2 heteroatoms. The van der Waals surface area contributed by atoms with E-state index in [1.807, 2.05) is 61.7 Å². The number of benzene rings is 2. The minimum absolute atomic E-state index is 0.0140. The van der Waals surface area contributed by atoms with Crippen LogP contribution in [0.3, 0.4) is 0 Å². The summed E-state index contributed by atoms with van der Waals surface area (Å²) in [6.07, 6.45) is 1.87. The summed E-state index contributed by atoms with van der Waals surface area (Å²) in [6.45, 7) is 3.91. The van der Waals surface area contributed by atoms with Crippen LogP contribution in [0.25, 0.3) is 0 Å². The topological polar surface area (TPSA) is 20.3 Å². The minimum Gasteiger partial charge on any atom is -0.367 e. The van der Waals surface area contributed by atoms with Gasteiger partial charge >= 0.3 is 0 Å². The molecule has 0 N–H and O–H groups in total. The lowest BCUT2D eigenvalue weighted by Gasteiger charge is -2.23. The average Bonchev–Trinajstić information content (AvgIpc) is 2.80. The van der Waals surface area contributed by atoms with Crippen LogP contribution in [0.5, 0.6) is 0 Å². The number of carbonyl (C=O) groups is 1. The molecule has 1 heterocycles. The number of rotatable bonds is 3. The molecule has 0 bridgehead atoms. The van der Waals surface area contributed by atoms with E-state index < -0.39 is 0 Å². The van der Waals surface area contributed by atoms with Gasteiger partial charge in [-0.25, -0.2) is 0 Å². The molecule has 2 atom stereocenters. The largest absolute Gasteiger partial charge is 0.367 e. The molecule has 1 aliphatic heterocycles. The lowest BCUT2D eigenvalue weighted by atomic mass is 9.87. The molecule has 1 aliphatic rings. The van der Waals surface area contributed by atoms with Gasteiger partial charge in [0.25, 0.3) is 0 Å². The zero-order chi connectivity index (χ0) is 14.1. The second-order valence-corrected chi connectivity index (χ2v) is 5.10. The first-order valence-electron chi connectivity index (χ1n) is 6.77. The Morgan fingerprint density at radius 1 is 1.10 bits per heavy atom. The number of ketones is 1. The standard InChI is InChI=1S/C18H17NO/c1-3-15-17(18(20)13-9-5-4-6-10-13)14-11-7-8-12-16(14)19(15)2/h3-12,15,17H,1H2,2H3. The first-order valence-corrected chi connectivity index (χ1v) is 6.77. The molecule has 3 rings (SSSR count). The highest BCUT2D eigenvalue weighted by Gasteiger charge is 2.39. The van der Waals surface area contributed by atoms with Gasteiger partial charge in [0.2, 0.25) is 0 Å². The van der Waals surface area contributed by atoms with E-state index in [0.717, 1.165) is 16.8 Å². The van der Waals surface area contributed by atoms with Gasteiger partial charge in [-0.3, -0.25) is 4.79 Å². The Hall–Kier alpha value is -2.35. The van der Waals surface area contributed by atoms with E-state index in [2.05, 4.69) is 17.5 Å². The van der Waals surface area contributed by atoms with Crippen molar-refractivity contribution in [1.29, 1.82) is 0 Å².